The van der Waals surface area contributed by atoms with Crippen molar-refractivity contribution in [2.75, 3.05) is 18.4 Å². The second-order valence-corrected chi connectivity index (χ2v) is 6.60. The lowest BCUT2D eigenvalue weighted by molar-refractivity contribution is -0.111. The lowest BCUT2D eigenvalue weighted by Gasteiger charge is -2.18. The third kappa shape index (κ3) is 4.60. The topological polar surface area (TPSA) is 78.9 Å². The Morgan fingerprint density at radius 1 is 1.26 bits per heavy atom. The van der Waals surface area contributed by atoms with Crippen LogP contribution >= 0.6 is 11.6 Å². The minimum Gasteiger partial charge on any atom is -0.507 e. The Hall–Kier alpha value is -2.99. The summed E-state index contributed by atoms with van der Waals surface area (Å²) in [7, 11) is 0. The summed E-state index contributed by atoms with van der Waals surface area (Å²) in [5.74, 6) is -0.157. The van der Waals surface area contributed by atoms with Crippen molar-refractivity contribution in [3.05, 3.63) is 65.7 Å². The lowest BCUT2D eigenvalue weighted by atomic mass is 10.1. The van der Waals surface area contributed by atoms with Crippen LogP contribution in [0.3, 0.4) is 0 Å². The van der Waals surface area contributed by atoms with Crippen LogP contribution < -0.4 is 10.1 Å². The zero-order valence-corrected chi connectivity index (χ0v) is 15.3. The molecule has 1 aliphatic heterocycles. The predicted molar refractivity (Wildman–Crippen MR) is 103 cm³/mol. The van der Waals surface area contributed by atoms with Gasteiger partial charge in [-0.2, -0.15) is 0 Å². The molecule has 0 saturated carbocycles. The average molecular weight is 387 g/mol. The third-order valence-electron chi connectivity index (χ3n) is 4.23. The number of halogens is 1. The van der Waals surface area contributed by atoms with Gasteiger partial charge in [0.1, 0.15) is 17.6 Å². The van der Waals surface area contributed by atoms with E-state index >= 15 is 0 Å². The van der Waals surface area contributed by atoms with Crippen molar-refractivity contribution in [1.82, 2.24) is 4.90 Å². The first-order valence-corrected chi connectivity index (χ1v) is 8.82. The van der Waals surface area contributed by atoms with E-state index in [0.29, 0.717) is 36.0 Å². The number of hydrogen-bond acceptors (Lipinski definition) is 4. The first-order valence-electron chi connectivity index (χ1n) is 8.44. The Balaban J connectivity index is 1.67. The molecule has 0 spiro atoms. The van der Waals surface area contributed by atoms with Gasteiger partial charge in [-0.25, -0.2) is 0 Å². The quantitative estimate of drug-likeness (QED) is 0.609. The number of phenols is 1. The van der Waals surface area contributed by atoms with Crippen molar-refractivity contribution in [2.45, 2.75) is 12.5 Å². The molecule has 27 heavy (non-hydrogen) atoms. The third-order valence-corrected chi connectivity index (χ3v) is 4.48. The van der Waals surface area contributed by atoms with Crippen molar-refractivity contribution in [3.8, 4) is 11.5 Å². The van der Waals surface area contributed by atoms with Gasteiger partial charge in [-0.1, -0.05) is 18.2 Å². The molecule has 2 aromatic carbocycles. The lowest BCUT2D eigenvalue weighted by Crippen LogP contribution is -2.31. The second-order valence-electron chi connectivity index (χ2n) is 6.16. The predicted octanol–water partition coefficient (Wildman–Crippen LogP) is 3.46. The number of likely N-dealkylation sites (tertiary alicyclic amines) is 1. The van der Waals surface area contributed by atoms with E-state index in [1.165, 1.54) is 18.2 Å². The van der Waals surface area contributed by atoms with E-state index in [2.05, 4.69) is 11.9 Å². The molecule has 1 fully saturated rings. The molecule has 2 aromatic rings. The molecule has 0 bridgehead atoms. The van der Waals surface area contributed by atoms with Gasteiger partial charge in [0.2, 0.25) is 5.91 Å². The molecule has 2 N–H and O–H groups in total. The number of benzene rings is 2. The number of ether oxygens (including phenoxy) is 1. The van der Waals surface area contributed by atoms with E-state index in [-0.39, 0.29) is 23.3 Å². The number of phenolic OH excluding ortho intramolecular Hbond substituents is 1. The molecular formula is C20H19ClN2O4. The van der Waals surface area contributed by atoms with E-state index < -0.39 is 5.91 Å². The standard InChI is InChI=1S/C20H19ClN2O4/c1-2-19(25)22-14-5-8-18(24)17(11-14)20(26)23-10-9-16(12-23)27-15-6-3-13(21)4-7-15/h2-8,11,16,24H,1,9-10,12H2,(H,22,25). The minimum absolute atomic E-state index is 0.129. The Labute approximate surface area is 162 Å². The van der Waals surface area contributed by atoms with Crippen LogP contribution in [0.5, 0.6) is 11.5 Å². The van der Waals surface area contributed by atoms with Gasteiger partial charge in [-0.05, 0) is 48.5 Å². The Kier molecular flexibility index (Phi) is 5.66. The summed E-state index contributed by atoms with van der Waals surface area (Å²) in [6.07, 6.45) is 1.68. The molecule has 3 rings (SSSR count). The second kappa shape index (κ2) is 8.14. The number of amides is 2. The van der Waals surface area contributed by atoms with Crippen molar-refractivity contribution < 1.29 is 19.4 Å². The molecule has 1 heterocycles. The summed E-state index contributed by atoms with van der Waals surface area (Å²) in [6, 6.07) is 11.4. The zero-order chi connectivity index (χ0) is 19.4. The van der Waals surface area contributed by atoms with Crippen LogP contribution in [0.1, 0.15) is 16.8 Å². The Bertz CT molecular complexity index is 867. The molecule has 6 nitrogen and oxygen atoms in total. The maximum absolute atomic E-state index is 12.8. The first kappa shape index (κ1) is 18.8. The average Bonchev–Trinajstić information content (AvgIpc) is 3.13. The largest absolute Gasteiger partial charge is 0.507 e. The molecular weight excluding hydrogens is 368 g/mol. The van der Waals surface area contributed by atoms with Crippen molar-refractivity contribution in [2.24, 2.45) is 0 Å². The fourth-order valence-corrected chi connectivity index (χ4v) is 2.99. The van der Waals surface area contributed by atoms with Crippen molar-refractivity contribution in [1.29, 1.82) is 0 Å². The smallest absolute Gasteiger partial charge is 0.257 e. The molecule has 2 amide bonds. The van der Waals surface area contributed by atoms with Crippen LogP contribution in [-0.2, 0) is 4.79 Å². The van der Waals surface area contributed by atoms with Gasteiger partial charge in [0.05, 0.1) is 12.1 Å². The highest BCUT2D eigenvalue weighted by atomic mass is 35.5. The highest BCUT2D eigenvalue weighted by molar-refractivity contribution is 6.30. The summed E-state index contributed by atoms with van der Waals surface area (Å²) in [4.78, 5) is 25.8. The van der Waals surface area contributed by atoms with E-state index in [4.69, 9.17) is 16.3 Å². The van der Waals surface area contributed by atoms with Crippen LogP contribution in [0.25, 0.3) is 0 Å². The van der Waals surface area contributed by atoms with Gasteiger partial charge in [0.25, 0.3) is 5.91 Å². The van der Waals surface area contributed by atoms with E-state index in [1.54, 1.807) is 29.2 Å². The summed E-state index contributed by atoms with van der Waals surface area (Å²) in [5.41, 5.74) is 0.540. The SMILES string of the molecule is C=CC(=O)Nc1ccc(O)c(C(=O)N2CCC(Oc3ccc(Cl)cc3)C2)c1. The molecule has 0 aromatic heterocycles. The zero-order valence-electron chi connectivity index (χ0n) is 14.5. The van der Waals surface area contributed by atoms with Gasteiger partial charge in [0.15, 0.2) is 0 Å². The number of aromatic hydroxyl groups is 1. The van der Waals surface area contributed by atoms with Crippen LogP contribution in [0.15, 0.2) is 55.1 Å². The van der Waals surface area contributed by atoms with Gasteiger partial charge in [0, 0.05) is 23.7 Å². The van der Waals surface area contributed by atoms with Gasteiger partial charge < -0.3 is 20.1 Å². The molecule has 1 saturated heterocycles. The Morgan fingerprint density at radius 3 is 2.70 bits per heavy atom. The van der Waals surface area contributed by atoms with Gasteiger partial charge >= 0.3 is 0 Å². The van der Waals surface area contributed by atoms with E-state index in [1.807, 2.05) is 0 Å². The number of nitrogens with one attached hydrogen (secondary N) is 1. The van der Waals surface area contributed by atoms with Crippen LogP contribution in [0, 0.1) is 0 Å². The molecule has 0 aliphatic carbocycles. The van der Waals surface area contributed by atoms with Crippen LogP contribution in [-0.4, -0.2) is 41.0 Å². The fourth-order valence-electron chi connectivity index (χ4n) is 2.86. The maximum atomic E-state index is 12.8. The number of carbonyl (C=O) groups excluding carboxylic acids is 2. The monoisotopic (exact) mass is 386 g/mol. The number of carbonyl (C=O) groups is 2. The highest BCUT2D eigenvalue weighted by Crippen LogP contribution is 2.26. The summed E-state index contributed by atoms with van der Waals surface area (Å²) >= 11 is 5.87. The van der Waals surface area contributed by atoms with E-state index in [0.717, 1.165) is 6.08 Å². The number of hydrogen-bond donors (Lipinski definition) is 2. The summed E-state index contributed by atoms with van der Waals surface area (Å²) in [5, 5.41) is 13.3. The van der Waals surface area contributed by atoms with E-state index in [9.17, 15) is 14.7 Å². The molecule has 140 valence electrons. The summed E-state index contributed by atoms with van der Waals surface area (Å²) < 4.78 is 5.88. The van der Waals surface area contributed by atoms with Crippen molar-refractivity contribution >= 4 is 29.1 Å². The molecule has 1 aliphatic rings. The Morgan fingerprint density at radius 2 is 2.00 bits per heavy atom. The molecule has 1 unspecified atom stereocenters. The fraction of sp³-hybridized carbons (Fsp3) is 0.200. The van der Waals surface area contributed by atoms with Gasteiger partial charge in [-0.3, -0.25) is 9.59 Å². The summed E-state index contributed by atoms with van der Waals surface area (Å²) in [6.45, 7) is 4.31. The molecule has 0 radical (unpaired) electrons. The first-order chi connectivity index (χ1) is 13.0. The van der Waals surface area contributed by atoms with Gasteiger partial charge in [-0.15, -0.1) is 0 Å². The van der Waals surface area contributed by atoms with Crippen molar-refractivity contribution in [3.63, 3.8) is 0 Å². The molecule has 1 atom stereocenters. The van der Waals surface area contributed by atoms with Crippen LogP contribution in [0.2, 0.25) is 5.02 Å². The normalized spacial score (nSPS) is 16.0. The number of anilines is 1. The van der Waals surface area contributed by atoms with Crippen LogP contribution in [0.4, 0.5) is 5.69 Å². The number of rotatable bonds is 5. The maximum Gasteiger partial charge on any atom is 0.257 e. The highest BCUT2D eigenvalue weighted by Gasteiger charge is 2.29. The molecule has 7 heteroatoms. The number of nitrogens with zero attached hydrogens (tertiary/aromatic N) is 1. The minimum atomic E-state index is -0.392.